The van der Waals surface area contributed by atoms with Crippen molar-refractivity contribution in [3.63, 3.8) is 0 Å². The Hall–Kier alpha value is -2.35. The third-order valence-corrected chi connectivity index (χ3v) is 4.55. The molecule has 22 heavy (non-hydrogen) atoms. The Bertz CT molecular complexity index is 743. The molecule has 4 rings (SSSR count). The van der Waals surface area contributed by atoms with Crippen molar-refractivity contribution < 1.29 is 9.53 Å². The number of fused-ring (bicyclic) bond motifs is 2. The van der Waals surface area contributed by atoms with Gasteiger partial charge in [-0.25, -0.2) is 0 Å². The molecule has 110 valence electrons. The molecule has 0 amide bonds. The Morgan fingerprint density at radius 2 is 1.68 bits per heavy atom. The maximum atomic E-state index is 12.6. The molecule has 2 aromatic rings. The number of rotatable bonds is 1. The van der Waals surface area contributed by atoms with Gasteiger partial charge in [0.1, 0.15) is 11.9 Å². The molecule has 1 atom stereocenters. The molecule has 0 bridgehead atoms. The van der Waals surface area contributed by atoms with Gasteiger partial charge < -0.3 is 4.74 Å². The summed E-state index contributed by atoms with van der Waals surface area (Å²) in [6.07, 6.45) is 3.13. The number of carbonyl (C=O) groups excluding carboxylic acids is 1. The summed E-state index contributed by atoms with van der Waals surface area (Å²) < 4.78 is 6.31. The van der Waals surface area contributed by atoms with Crippen LogP contribution >= 0.6 is 0 Å². The van der Waals surface area contributed by atoms with Gasteiger partial charge in [0.2, 0.25) is 0 Å². The summed E-state index contributed by atoms with van der Waals surface area (Å²) in [7, 11) is 0. The van der Waals surface area contributed by atoms with Crippen LogP contribution in [0.4, 0.5) is 0 Å². The van der Waals surface area contributed by atoms with Crippen molar-refractivity contribution in [1.29, 1.82) is 0 Å². The lowest BCUT2D eigenvalue weighted by Gasteiger charge is -2.28. The Kier molecular flexibility index (Phi) is 3.30. The lowest BCUT2D eigenvalue weighted by molar-refractivity contribution is -0.118. The van der Waals surface area contributed by atoms with E-state index in [1.807, 2.05) is 36.4 Å². The van der Waals surface area contributed by atoms with Gasteiger partial charge in [-0.3, -0.25) is 4.79 Å². The van der Waals surface area contributed by atoms with Crippen LogP contribution in [0.25, 0.3) is 5.76 Å². The number of ether oxygens (including phenoxy) is 1. The highest BCUT2D eigenvalue weighted by Gasteiger charge is 2.32. The standard InChI is InChI=1S/C20H18O2/c21-18-13-19(15-8-2-1-3-9-15)22-20-16-11-5-4-7-14(16)10-6-12-17(18)20/h1-5,7-9,11,19H,6,10,12-13H2. The van der Waals surface area contributed by atoms with E-state index in [0.29, 0.717) is 6.42 Å². The first-order chi connectivity index (χ1) is 10.8. The molecule has 1 aliphatic heterocycles. The maximum absolute atomic E-state index is 12.6. The van der Waals surface area contributed by atoms with Crippen molar-refractivity contribution in [3.8, 4) is 0 Å². The minimum absolute atomic E-state index is 0.168. The highest BCUT2D eigenvalue weighted by Crippen LogP contribution is 2.41. The summed E-state index contributed by atoms with van der Waals surface area (Å²) in [6.45, 7) is 0. The lowest BCUT2D eigenvalue weighted by Crippen LogP contribution is -2.19. The number of Topliss-reactive ketones (excluding diaryl/α,β-unsaturated/α-hetero) is 1. The molecular weight excluding hydrogens is 272 g/mol. The number of carbonyl (C=O) groups is 1. The van der Waals surface area contributed by atoms with Crippen LogP contribution < -0.4 is 0 Å². The molecule has 1 heterocycles. The first kappa shape index (κ1) is 13.3. The largest absolute Gasteiger partial charge is 0.484 e. The Morgan fingerprint density at radius 3 is 2.55 bits per heavy atom. The Labute approximate surface area is 130 Å². The van der Waals surface area contributed by atoms with Gasteiger partial charge in [0.15, 0.2) is 5.78 Å². The van der Waals surface area contributed by atoms with Gasteiger partial charge in [0.25, 0.3) is 0 Å². The molecule has 1 unspecified atom stereocenters. The monoisotopic (exact) mass is 290 g/mol. The zero-order valence-corrected chi connectivity index (χ0v) is 12.4. The van der Waals surface area contributed by atoms with E-state index in [4.69, 9.17) is 4.74 Å². The van der Waals surface area contributed by atoms with E-state index in [2.05, 4.69) is 18.2 Å². The second-order valence-corrected chi connectivity index (χ2v) is 5.96. The van der Waals surface area contributed by atoms with Crippen LogP contribution in [-0.2, 0) is 16.0 Å². The Balaban J connectivity index is 1.79. The summed E-state index contributed by atoms with van der Waals surface area (Å²) in [5, 5.41) is 0. The number of allylic oxidation sites excluding steroid dienone is 1. The summed E-state index contributed by atoms with van der Waals surface area (Å²) in [4.78, 5) is 12.6. The van der Waals surface area contributed by atoms with Gasteiger partial charge in [-0.2, -0.15) is 0 Å². The molecule has 2 heteroatoms. The highest BCUT2D eigenvalue weighted by molar-refractivity contribution is 6.03. The molecular formula is C20H18O2. The summed E-state index contributed by atoms with van der Waals surface area (Å²) >= 11 is 0. The third kappa shape index (κ3) is 2.25. The van der Waals surface area contributed by atoms with Gasteiger partial charge in [-0.05, 0) is 30.4 Å². The summed E-state index contributed by atoms with van der Waals surface area (Å²) in [6, 6.07) is 18.3. The second kappa shape index (κ2) is 5.45. The van der Waals surface area contributed by atoms with Crippen LogP contribution in [0.2, 0.25) is 0 Å². The summed E-state index contributed by atoms with van der Waals surface area (Å²) in [5.41, 5.74) is 4.35. The van der Waals surface area contributed by atoms with Gasteiger partial charge in [0, 0.05) is 11.1 Å². The van der Waals surface area contributed by atoms with Crippen LogP contribution in [0, 0.1) is 0 Å². The smallest absolute Gasteiger partial charge is 0.166 e. The Morgan fingerprint density at radius 1 is 0.909 bits per heavy atom. The fourth-order valence-electron chi connectivity index (χ4n) is 3.42. The summed E-state index contributed by atoms with van der Waals surface area (Å²) in [5.74, 6) is 1.06. The fourth-order valence-corrected chi connectivity index (χ4v) is 3.42. The highest BCUT2D eigenvalue weighted by atomic mass is 16.5. The van der Waals surface area contributed by atoms with Crippen molar-refractivity contribution in [1.82, 2.24) is 0 Å². The van der Waals surface area contributed by atoms with Gasteiger partial charge in [-0.15, -0.1) is 0 Å². The normalized spacial score (nSPS) is 20.7. The van der Waals surface area contributed by atoms with Crippen molar-refractivity contribution in [2.24, 2.45) is 0 Å². The quantitative estimate of drug-likeness (QED) is 0.775. The minimum atomic E-state index is -0.168. The van der Waals surface area contributed by atoms with E-state index in [9.17, 15) is 4.79 Å². The van der Waals surface area contributed by atoms with Gasteiger partial charge >= 0.3 is 0 Å². The molecule has 0 N–H and O–H groups in total. The zero-order valence-electron chi connectivity index (χ0n) is 12.4. The predicted octanol–water partition coefficient (Wildman–Crippen LogP) is 4.46. The molecule has 1 aliphatic carbocycles. The van der Waals surface area contributed by atoms with Crippen molar-refractivity contribution >= 4 is 11.5 Å². The molecule has 2 aromatic carbocycles. The molecule has 0 spiro atoms. The average molecular weight is 290 g/mol. The van der Waals surface area contributed by atoms with E-state index in [1.165, 1.54) is 5.56 Å². The molecule has 2 aliphatic rings. The topological polar surface area (TPSA) is 26.3 Å². The molecule has 0 aromatic heterocycles. The van der Waals surface area contributed by atoms with Crippen LogP contribution in [0.3, 0.4) is 0 Å². The number of hydrogen-bond donors (Lipinski definition) is 0. The first-order valence-corrected chi connectivity index (χ1v) is 7.89. The zero-order chi connectivity index (χ0) is 14.9. The number of aryl methyl sites for hydroxylation is 1. The van der Waals surface area contributed by atoms with E-state index in [1.54, 1.807) is 0 Å². The second-order valence-electron chi connectivity index (χ2n) is 5.96. The van der Waals surface area contributed by atoms with Gasteiger partial charge in [-0.1, -0.05) is 54.6 Å². The van der Waals surface area contributed by atoms with Crippen molar-refractivity contribution in [2.75, 3.05) is 0 Å². The van der Waals surface area contributed by atoms with Crippen molar-refractivity contribution in [3.05, 3.63) is 76.9 Å². The molecule has 0 radical (unpaired) electrons. The van der Waals surface area contributed by atoms with E-state index in [-0.39, 0.29) is 11.9 Å². The number of hydrogen-bond acceptors (Lipinski definition) is 2. The predicted molar refractivity (Wildman–Crippen MR) is 86.2 cm³/mol. The molecule has 0 saturated carbocycles. The average Bonchev–Trinajstić information content (AvgIpc) is 2.76. The van der Waals surface area contributed by atoms with Crippen molar-refractivity contribution in [2.45, 2.75) is 31.8 Å². The maximum Gasteiger partial charge on any atom is 0.166 e. The van der Waals surface area contributed by atoms with E-state index in [0.717, 1.165) is 41.7 Å². The van der Waals surface area contributed by atoms with Crippen LogP contribution in [0.15, 0.2) is 60.2 Å². The van der Waals surface area contributed by atoms with E-state index < -0.39 is 0 Å². The van der Waals surface area contributed by atoms with E-state index >= 15 is 0 Å². The van der Waals surface area contributed by atoms with Crippen LogP contribution in [0.1, 0.15) is 42.1 Å². The first-order valence-electron chi connectivity index (χ1n) is 7.89. The number of benzene rings is 2. The molecule has 0 saturated heterocycles. The molecule has 0 fully saturated rings. The van der Waals surface area contributed by atoms with Crippen LogP contribution in [-0.4, -0.2) is 5.78 Å². The van der Waals surface area contributed by atoms with Crippen LogP contribution in [0.5, 0.6) is 0 Å². The molecule has 2 nitrogen and oxygen atoms in total. The third-order valence-electron chi connectivity index (χ3n) is 4.55. The lowest BCUT2D eigenvalue weighted by atomic mass is 9.93. The SMILES string of the molecule is O=C1CC(c2ccccc2)OC2=C1CCCc1ccccc12. The minimum Gasteiger partial charge on any atom is -0.484 e. The van der Waals surface area contributed by atoms with Gasteiger partial charge in [0.05, 0.1) is 6.42 Å². The fraction of sp³-hybridized carbons (Fsp3) is 0.250. The number of ketones is 1.